The van der Waals surface area contributed by atoms with Gasteiger partial charge in [0.2, 0.25) is 0 Å². The SMILES string of the molecule is N=C(c1cc(N2CCOCC2)ncn1)c1cc(OC2CCOCC2)ccc1N. The molecule has 8 heteroatoms. The van der Waals surface area contributed by atoms with Crippen LogP contribution < -0.4 is 15.4 Å². The lowest BCUT2D eigenvalue weighted by Gasteiger charge is -2.27. The van der Waals surface area contributed by atoms with E-state index in [9.17, 15) is 0 Å². The van der Waals surface area contributed by atoms with Crippen LogP contribution in [0.4, 0.5) is 11.5 Å². The molecule has 28 heavy (non-hydrogen) atoms. The zero-order valence-corrected chi connectivity index (χ0v) is 15.8. The van der Waals surface area contributed by atoms with E-state index in [0.29, 0.717) is 49.1 Å². The summed E-state index contributed by atoms with van der Waals surface area (Å²) in [5.41, 5.74) is 8.08. The Morgan fingerprint density at radius 1 is 1.07 bits per heavy atom. The van der Waals surface area contributed by atoms with Crippen LogP contribution in [0.25, 0.3) is 0 Å². The van der Waals surface area contributed by atoms with Crippen molar-refractivity contribution in [3.8, 4) is 5.75 Å². The average Bonchev–Trinajstić information content (AvgIpc) is 2.76. The fraction of sp³-hybridized carbons (Fsp3) is 0.450. The summed E-state index contributed by atoms with van der Waals surface area (Å²) >= 11 is 0. The maximum absolute atomic E-state index is 8.65. The van der Waals surface area contributed by atoms with Crippen LogP contribution in [0.5, 0.6) is 5.75 Å². The number of nitrogens with two attached hydrogens (primary N) is 1. The highest BCUT2D eigenvalue weighted by Crippen LogP contribution is 2.25. The average molecular weight is 383 g/mol. The molecule has 0 aliphatic carbocycles. The molecule has 0 bridgehead atoms. The maximum Gasteiger partial charge on any atom is 0.132 e. The Labute approximate surface area is 164 Å². The largest absolute Gasteiger partial charge is 0.490 e. The topological polar surface area (TPSA) is 107 Å². The van der Waals surface area contributed by atoms with E-state index < -0.39 is 0 Å². The molecule has 0 atom stereocenters. The van der Waals surface area contributed by atoms with Gasteiger partial charge >= 0.3 is 0 Å². The van der Waals surface area contributed by atoms with Crippen LogP contribution in [0, 0.1) is 5.41 Å². The van der Waals surface area contributed by atoms with Crippen LogP contribution in [-0.4, -0.2) is 61.3 Å². The molecule has 8 nitrogen and oxygen atoms in total. The summed E-state index contributed by atoms with van der Waals surface area (Å²) in [4.78, 5) is 10.8. The third kappa shape index (κ3) is 4.23. The first-order valence-electron chi connectivity index (χ1n) is 9.58. The predicted octanol–water partition coefficient (Wildman–Crippen LogP) is 1.87. The third-order valence-electron chi connectivity index (χ3n) is 5.01. The first-order valence-corrected chi connectivity index (χ1v) is 9.58. The van der Waals surface area contributed by atoms with Gasteiger partial charge in [-0.15, -0.1) is 0 Å². The molecule has 4 rings (SSSR count). The summed E-state index contributed by atoms with van der Waals surface area (Å²) in [6.07, 6.45) is 3.36. The molecular formula is C20H25N5O3. The van der Waals surface area contributed by atoms with Gasteiger partial charge in [0.25, 0.3) is 0 Å². The van der Waals surface area contributed by atoms with Crippen molar-refractivity contribution in [3.05, 3.63) is 41.9 Å². The molecular weight excluding hydrogens is 358 g/mol. The van der Waals surface area contributed by atoms with E-state index in [-0.39, 0.29) is 11.8 Å². The third-order valence-corrected chi connectivity index (χ3v) is 5.01. The number of rotatable bonds is 5. The number of nitrogen functional groups attached to an aromatic ring is 1. The van der Waals surface area contributed by atoms with Crippen molar-refractivity contribution in [2.75, 3.05) is 50.2 Å². The van der Waals surface area contributed by atoms with Crippen LogP contribution >= 0.6 is 0 Å². The Balaban J connectivity index is 1.54. The first-order chi connectivity index (χ1) is 13.7. The molecule has 0 spiro atoms. The molecule has 2 aliphatic rings. The molecule has 2 aromatic rings. The number of ether oxygens (including phenoxy) is 3. The monoisotopic (exact) mass is 383 g/mol. The number of morpholine rings is 1. The fourth-order valence-electron chi connectivity index (χ4n) is 3.40. The highest BCUT2D eigenvalue weighted by Gasteiger charge is 2.19. The van der Waals surface area contributed by atoms with E-state index in [1.165, 1.54) is 6.33 Å². The second-order valence-electron chi connectivity index (χ2n) is 6.91. The minimum absolute atomic E-state index is 0.131. The predicted molar refractivity (Wildman–Crippen MR) is 106 cm³/mol. The Bertz CT molecular complexity index is 832. The number of hydrogen-bond donors (Lipinski definition) is 2. The van der Waals surface area contributed by atoms with Gasteiger partial charge in [0.1, 0.15) is 24.0 Å². The molecule has 2 saturated heterocycles. The van der Waals surface area contributed by atoms with E-state index in [1.54, 1.807) is 6.07 Å². The number of aromatic nitrogens is 2. The van der Waals surface area contributed by atoms with Crippen molar-refractivity contribution in [2.24, 2.45) is 0 Å². The Hall–Kier alpha value is -2.71. The number of benzene rings is 1. The number of nitrogens with one attached hydrogen (secondary N) is 1. The summed E-state index contributed by atoms with van der Waals surface area (Å²) in [6.45, 7) is 4.34. The van der Waals surface area contributed by atoms with E-state index >= 15 is 0 Å². The summed E-state index contributed by atoms with van der Waals surface area (Å²) in [7, 11) is 0. The van der Waals surface area contributed by atoms with E-state index in [4.69, 9.17) is 25.4 Å². The van der Waals surface area contributed by atoms with Gasteiger partial charge in [0.05, 0.1) is 37.8 Å². The molecule has 1 aromatic heterocycles. The number of nitrogens with zero attached hydrogens (tertiary/aromatic N) is 3. The normalized spacial score (nSPS) is 18.1. The summed E-state index contributed by atoms with van der Waals surface area (Å²) in [5, 5.41) is 8.65. The Morgan fingerprint density at radius 2 is 1.82 bits per heavy atom. The van der Waals surface area contributed by atoms with Crippen molar-refractivity contribution in [2.45, 2.75) is 18.9 Å². The van der Waals surface area contributed by atoms with Crippen molar-refractivity contribution < 1.29 is 14.2 Å². The lowest BCUT2D eigenvalue weighted by Crippen LogP contribution is -2.36. The minimum Gasteiger partial charge on any atom is -0.490 e. The number of hydrogen-bond acceptors (Lipinski definition) is 8. The van der Waals surface area contributed by atoms with E-state index in [0.717, 1.165) is 31.7 Å². The molecule has 148 valence electrons. The smallest absolute Gasteiger partial charge is 0.132 e. The van der Waals surface area contributed by atoms with Gasteiger partial charge in [-0.3, -0.25) is 5.41 Å². The standard InChI is InChI=1S/C20H25N5O3/c21-17-2-1-15(28-14-3-7-26-8-4-14)11-16(17)20(22)18-12-19(24-13-23-18)25-5-9-27-10-6-25/h1-2,11-14,22H,3-10,21H2. The molecule has 0 radical (unpaired) electrons. The highest BCUT2D eigenvalue weighted by molar-refractivity contribution is 6.13. The van der Waals surface area contributed by atoms with Crippen molar-refractivity contribution in [3.63, 3.8) is 0 Å². The number of anilines is 2. The van der Waals surface area contributed by atoms with Gasteiger partial charge in [-0.1, -0.05) is 0 Å². The fourth-order valence-corrected chi connectivity index (χ4v) is 3.40. The second-order valence-corrected chi connectivity index (χ2v) is 6.91. The van der Waals surface area contributed by atoms with Gasteiger partial charge in [0.15, 0.2) is 0 Å². The van der Waals surface area contributed by atoms with Crippen LogP contribution in [0.15, 0.2) is 30.6 Å². The molecule has 0 unspecified atom stereocenters. The molecule has 1 aromatic carbocycles. The highest BCUT2D eigenvalue weighted by atomic mass is 16.5. The van der Waals surface area contributed by atoms with Crippen molar-refractivity contribution >= 4 is 17.2 Å². The van der Waals surface area contributed by atoms with Gasteiger partial charge in [0, 0.05) is 43.2 Å². The molecule has 3 heterocycles. The summed E-state index contributed by atoms with van der Waals surface area (Å²) < 4.78 is 16.8. The molecule has 0 amide bonds. The van der Waals surface area contributed by atoms with Gasteiger partial charge in [-0.25, -0.2) is 9.97 Å². The Morgan fingerprint density at radius 3 is 2.61 bits per heavy atom. The van der Waals surface area contributed by atoms with Crippen LogP contribution in [0.1, 0.15) is 24.1 Å². The van der Waals surface area contributed by atoms with Gasteiger partial charge in [-0.05, 0) is 18.2 Å². The lowest BCUT2D eigenvalue weighted by molar-refractivity contribution is 0.0256. The van der Waals surface area contributed by atoms with Crippen LogP contribution in [-0.2, 0) is 9.47 Å². The zero-order valence-electron chi connectivity index (χ0n) is 15.8. The van der Waals surface area contributed by atoms with Crippen LogP contribution in [0.2, 0.25) is 0 Å². The first kappa shape index (κ1) is 18.6. The van der Waals surface area contributed by atoms with Crippen molar-refractivity contribution in [1.29, 1.82) is 5.41 Å². The van der Waals surface area contributed by atoms with Gasteiger partial charge < -0.3 is 24.8 Å². The maximum atomic E-state index is 8.65. The molecule has 0 saturated carbocycles. The van der Waals surface area contributed by atoms with Crippen LogP contribution in [0.3, 0.4) is 0 Å². The molecule has 2 aliphatic heterocycles. The van der Waals surface area contributed by atoms with Gasteiger partial charge in [-0.2, -0.15) is 0 Å². The second kappa shape index (κ2) is 8.53. The quantitative estimate of drug-likeness (QED) is 0.599. The Kier molecular flexibility index (Phi) is 5.68. The summed E-state index contributed by atoms with van der Waals surface area (Å²) in [5.74, 6) is 1.51. The zero-order chi connectivity index (χ0) is 19.3. The molecule has 3 N–H and O–H groups in total. The molecule has 2 fully saturated rings. The van der Waals surface area contributed by atoms with E-state index in [2.05, 4.69) is 14.9 Å². The van der Waals surface area contributed by atoms with Crippen molar-refractivity contribution in [1.82, 2.24) is 9.97 Å². The lowest BCUT2D eigenvalue weighted by atomic mass is 10.0. The summed E-state index contributed by atoms with van der Waals surface area (Å²) in [6, 6.07) is 7.28. The minimum atomic E-state index is 0.131. The van der Waals surface area contributed by atoms with E-state index in [1.807, 2.05) is 18.2 Å².